The number of hydrazone groups is 2. The van der Waals surface area contributed by atoms with Crippen molar-refractivity contribution < 1.29 is 25.9 Å². The zero-order chi connectivity index (χ0) is 19.2. The molecule has 4 N–H and O–H groups in total. The maximum Gasteiger partial charge on any atom is 0.294 e. The van der Waals surface area contributed by atoms with E-state index in [-0.39, 0.29) is 9.79 Å². The topological polar surface area (TPSA) is 158 Å². The number of anilines is 2. The molecule has 0 heterocycles. The Balaban J connectivity index is 1.85. The third-order valence-corrected chi connectivity index (χ3v) is 4.64. The quantitative estimate of drug-likeness (QED) is 0.311. The number of nitrogens with one attached hydrogen (secondary N) is 2. The van der Waals surface area contributed by atoms with Gasteiger partial charge in [-0.3, -0.25) is 20.0 Å². The van der Waals surface area contributed by atoms with Crippen molar-refractivity contribution >= 4 is 44.0 Å². The predicted molar refractivity (Wildman–Crippen MR) is 96.7 cm³/mol. The Bertz CT molecular complexity index is 929. The molecule has 0 amide bonds. The summed E-state index contributed by atoms with van der Waals surface area (Å²) >= 11 is 0. The number of hydrogen-bond donors (Lipinski definition) is 4. The molecule has 0 radical (unpaired) electrons. The number of hydrogen-bond acceptors (Lipinski definition) is 8. The normalized spacial score (nSPS) is 12.5. The lowest BCUT2D eigenvalue weighted by molar-refractivity contribution is 0.481. The number of benzene rings is 2. The van der Waals surface area contributed by atoms with Crippen molar-refractivity contribution in [1.29, 1.82) is 0 Å². The van der Waals surface area contributed by atoms with E-state index in [2.05, 4.69) is 21.1 Å². The number of nitrogens with zero attached hydrogens (tertiary/aromatic N) is 2. The van der Waals surface area contributed by atoms with Crippen LogP contribution in [0.3, 0.4) is 0 Å². The third kappa shape index (κ3) is 5.93. The van der Waals surface area contributed by atoms with Gasteiger partial charge in [0.2, 0.25) is 0 Å². The lowest BCUT2D eigenvalue weighted by Gasteiger charge is -2.01. The van der Waals surface area contributed by atoms with Crippen molar-refractivity contribution in [3.05, 3.63) is 48.5 Å². The molecule has 0 aliphatic carbocycles. The van der Waals surface area contributed by atoms with Crippen LogP contribution in [0.5, 0.6) is 0 Å². The smallest absolute Gasteiger partial charge is 0.282 e. The first-order valence-corrected chi connectivity index (χ1v) is 9.76. The van der Waals surface area contributed by atoms with E-state index >= 15 is 0 Å². The van der Waals surface area contributed by atoms with Gasteiger partial charge in [-0.1, -0.05) is 0 Å². The minimum absolute atomic E-state index is 0.224. The second-order valence-electron chi connectivity index (χ2n) is 4.78. The SMILES string of the molecule is O=S(=O)(O)c1ccc(N/N=C/C=N/Nc2ccc(S(=O)(=O)O)cc2)cc1. The lowest BCUT2D eigenvalue weighted by Crippen LogP contribution is -1.98. The van der Waals surface area contributed by atoms with Gasteiger partial charge >= 0.3 is 0 Å². The Hall–Kier alpha value is -2.80. The molecule has 0 saturated carbocycles. The van der Waals surface area contributed by atoms with Gasteiger partial charge in [-0.05, 0) is 48.5 Å². The molecule has 0 atom stereocenters. The van der Waals surface area contributed by atoms with Crippen molar-refractivity contribution in [1.82, 2.24) is 0 Å². The van der Waals surface area contributed by atoms with Crippen molar-refractivity contribution in [3.63, 3.8) is 0 Å². The highest BCUT2D eigenvalue weighted by Gasteiger charge is 2.08. The maximum absolute atomic E-state index is 10.9. The summed E-state index contributed by atoms with van der Waals surface area (Å²) in [5, 5.41) is 7.64. The second-order valence-corrected chi connectivity index (χ2v) is 7.62. The van der Waals surface area contributed by atoms with E-state index in [1.807, 2.05) is 0 Å². The highest BCUT2D eigenvalue weighted by Crippen LogP contribution is 2.14. The molecule has 0 aliphatic heterocycles. The molecule has 138 valence electrons. The fourth-order valence-corrected chi connectivity index (χ4v) is 2.65. The standard InChI is InChI=1S/C14H14N4O6S2/c19-25(20,21)13-5-1-11(2-6-13)17-15-9-10-16-18-12-3-7-14(8-4-12)26(22,23)24/h1-10,17-18H,(H,19,20,21)(H,22,23,24)/b15-9+,16-10+. The molecule has 0 bridgehead atoms. The lowest BCUT2D eigenvalue weighted by atomic mass is 10.3. The zero-order valence-electron chi connectivity index (χ0n) is 13.0. The third-order valence-electron chi connectivity index (χ3n) is 2.91. The van der Waals surface area contributed by atoms with Crippen LogP contribution in [-0.4, -0.2) is 38.4 Å². The van der Waals surface area contributed by atoms with Crippen LogP contribution < -0.4 is 10.9 Å². The molecule has 10 nitrogen and oxygen atoms in total. The molecule has 2 aromatic rings. The van der Waals surface area contributed by atoms with Crippen LogP contribution >= 0.6 is 0 Å². The van der Waals surface area contributed by atoms with Crippen molar-refractivity contribution in [2.75, 3.05) is 10.9 Å². The van der Waals surface area contributed by atoms with E-state index in [9.17, 15) is 16.8 Å². The van der Waals surface area contributed by atoms with Crippen molar-refractivity contribution in [2.45, 2.75) is 9.79 Å². The minimum atomic E-state index is -4.23. The first-order valence-electron chi connectivity index (χ1n) is 6.88. The summed E-state index contributed by atoms with van der Waals surface area (Å²) in [6.45, 7) is 0. The van der Waals surface area contributed by atoms with Gasteiger partial charge in [-0.15, -0.1) is 0 Å². The van der Waals surface area contributed by atoms with Gasteiger partial charge in [0.05, 0.1) is 33.6 Å². The van der Waals surface area contributed by atoms with Crippen LogP contribution in [0.25, 0.3) is 0 Å². The van der Waals surface area contributed by atoms with E-state index in [0.717, 1.165) is 0 Å². The fraction of sp³-hybridized carbons (Fsp3) is 0. The van der Waals surface area contributed by atoms with Gasteiger partial charge in [0.25, 0.3) is 20.2 Å². The molecule has 0 fully saturated rings. The van der Waals surface area contributed by atoms with Crippen LogP contribution in [0.15, 0.2) is 68.5 Å². The average molecular weight is 398 g/mol. The number of rotatable bonds is 7. The molecule has 0 aliphatic rings. The van der Waals surface area contributed by atoms with Crippen LogP contribution in [0.1, 0.15) is 0 Å². The Morgan fingerprint density at radius 3 is 1.23 bits per heavy atom. The summed E-state index contributed by atoms with van der Waals surface area (Å²) in [5.41, 5.74) is 6.24. The van der Waals surface area contributed by atoms with Crippen molar-refractivity contribution in [2.24, 2.45) is 10.2 Å². The molecule has 26 heavy (non-hydrogen) atoms. The summed E-state index contributed by atoms with van der Waals surface area (Å²) in [6.07, 6.45) is 2.63. The highest BCUT2D eigenvalue weighted by molar-refractivity contribution is 7.86. The summed E-state index contributed by atoms with van der Waals surface area (Å²) in [4.78, 5) is -0.449. The summed E-state index contributed by atoms with van der Waals surface area (Å²) in [5.74, 6) is 0. The van der Waals surface area contributed by atoms with E-state index < -0.39 is 20.2 Å². The van der Waals surface area contributed by atoms with Crippen LogP contribution in [0.4, 0.5) is 11.4 Å². The molecule has 2 aromatic carbocycles. The van der Waals surface area contributed by atoms with Crippen LogP contribution in [0.2, 0.25) is 0 Å². The monoisotopic (exact) mass is 398 g/mol. The molecule has 2 rings (SSSR count). The predicted octanol–water partition coefficient (Wildman–Crippen LogP) is 1.68. The van der Waals surface area contributed by atoms with Gasteiger partial charge in [0, 0.05) is 0 Å². The molecule has 0 unspecified atom stereocenters. The van der Waals surface area contributed by atoms with Gasteiger partial charge in [-0.2, -0.15) is 27.0 Å². The van der Waals surface area contributed by atoms with Gasteiger partial charge in [0.1, 0.15) is 0 Å². The largest absolute Gasteiger partial charge is 0.294 e. The highest BCUT2D eigenvalue weighted by atomic mass is 32.2. The molecule has 0 saturated heterocycles. The summed E-state index contributed by atoms with van der Waals surface area (Å²) in [6, 6.07) is 10.6. The van der Waals surface area contributed by atoms with Crippen LogP contribution in [-0.2, 0) is 20.2 Å². The maximum atomic E-state index is 10.9. The Morgan fingerprint density at radius 1 is 0.654 bits per heavy atom. The van der Waals surface area contributed by atoms with E-state index in [1.165, 1.54) is 61.0 Å². The molecular formula is C14H14N4O6S2. The second kappa shape index (κ2) is 8.05. The van der Waals surface area contributed by atoms with Gasteiger partial charge < -0.3 is 0 Å². The summed E-state index contributed by atoms with van der Waals surface area (Å²) in [7, 11) is -8.46. The molecule has 0 spiro atoms. The average Bonchev–Trinajstić information content (AvgIpc) is 2.57. The molecule has 0 aromatic heterocycles. The van der Waals surface area contributed by atoms with Crippen LogP contribution in [0, 0.1) is 0 Å². The zero-order valence-corrected chi connectivity index (χ0v) is 14.6. The molecule has 12 heteroatoms. The van der Waals surface area contributed by atoms with E-state index in [4.69, 9.17) is 9.11 Å². The Morgan fingerprint density at radius 2 is 0.962 bits per heavy atom. The Kier molecular flexibility index (Phi) is 6.05. The van der Waals surface area contributed by atoms with Gasteiger partial charge in [-0.25, -0.2) is 0 Å². The first-order chi connectivity index (χ1) is 12.2. The summed E-state index contributed by atoms with van der Waals surface area (Å²) < 4.78 is 61.3. The molecular weight excluding hydrogens is 384 g/mol. The van der Waals surface area contributed by atoms with Crippen molar-refractivity contribution in [3.8, 4) is 0 Å². The Labute approximate surface area is 149 Å². The van der Waals surface area contributed by atoms with E-state index in [1.54, 1.807) is 0 Å². The minimum Gasteiger partial charge on any atom is -0.282 e. The first kappa shape index (κ1) is 19.5. The van der Waals surface area contributed by atoms with Gasteiger partial charge in [0.15, 0.2) is 0 Å². The fourth-order valence-electron chi connectivity index (χ4n) is 1.69. The van der Waals surface area contributed by atoms with E-state index in [0.29, 0.717) is 11.4 Å².